The maximum Gasteiger partial charge on any atom is 0.0233 e. The van der Waals surface area contributed by atoms with Gasteiger partial charge in [-0.1, -0.05) is 74.9 Å². The predicted molar refractivity (Wildman–Crippen MR) is 96.4 cm³/mol. The molecule has 0 heterocycles. The number of rotatable bonds is 5. The van der Waals surface area contributed by atoms with Gasteiger partial charge in [-0.3, -0.25) is 4.90 Å². The SMILES string of the molecule is CCCN(CC)Cc1ccccc1.Cc1ccc2c(c1)C2C. The van der Waals surface area contributed by atoms with Crippen molar-refractivity contribution in [3.63, 3.8) is 0 Å². The summed E-state index contributed by atoms with van der Waals surface area (Å²) in [5, 5.41) is 0. The van der Waals surface area contributed by atoms with Gasteiger partial charge < -0.3 is 0 Å². The molecule has 0 fully saturated rings. The van der Waals surface area contributed by atoms with Crippen molar-refractivity contribution < 1.29 is 0 Å². The van der Waals surface area contributed by atoms with Crippen LogP contribution in [-0.2, 0) is 6.54 Å². The van der Waals surface area contributed by atoms with Crippen molar-refractivity contribution in [1.82, 2.24) is 4.90 Å². The van der Waals surface area contributed by atoms with E-state index < -0.39 is 0 Å². The molecule has 22 heavy (non-hydrogen) atoms. The van der Waals surface area contributed by atoms with Crippen LogP contribution in [0.5, 0.6) is 0 Å². The van der Waals surface area contributed by atoms with Crippen LogP contribution in [0.4, 0.5) is 0 Å². The van der Waals surface area contributed by atoms with Crippen LogP contribution in [0.25, 0.3) is 0 Å². The molecule has 1 aliphatic carbocycles. The molecule has 0 saturated carbocycles. The van der Waals surface area contributed by atoms with E-state index in [-0.39, 0.29) is 0 Å². The summed E-state index contributed by atoms with van der Waals surface area (Å²) in [6.07, 6.45) is 1.24. The molecule has 0 spiro atoms. The highest BCUT2D eigenvalue weighted by molar-refractivity contribution is 5.52. The Morgan fingerprint density at radius 1 is 0.955 bits per heavy atom. The Labute approximate surface area is 136 Å². The van der Waals surface area contributed by atoms with E-state index in [1.54, 1.807) is 11.1 Å². The zero-order chi connectivity index (χ0) is 15.9. The van der Waals surface area contributed by atoms with Gasteiger partial charge in [0.05, 0.1) is 0 Å². The minimum atomic E-state index is 0.763. The van der Waals surface area contributed by atoms with Crippen LogP contribution in [0.15, 0.2) is 48.5 Å². The van der Waals surface area contributed by atoms with E-state index in [1.807, 2.05) is 0 Å². The largest absolute Gasteiger partial charge is 0.299 e. The fourth-order valence-corrected chi connectivity index (χ4v) is 2.85. The number of hydrogen-bond donors (Lipinski definition) is 0. The van der Waals surface area contributed by atoms with Crippen molar-refractivity contribution in [3.8, 4) is 0 Å². The maximum absolute atomic E-state index is 2.47. The van der Waals surface area contributed by atoms with E-state index in [4.69, 9.17) is 0 Å². The van der Waals surface area contributed by atoms with Gasteiger partial charge in [-0.05, 0) is 43.1 Å². The van der Waals surface area contributed by atoms with Gasteiger partial charge >= 0.3 is 0 Å². The Morgan fingerprint density at radius 2 is 1.68 bits per heavy atom. The van der Waals surface area contributed by atoms with Gasteiger partial charge in [-0.2, -0.15) is 0 Å². The summed E-state index contributed by atoms with van der Waals surface area (Å²) in [7, 11) is 0. The minimum Gasteiger partial charge on any atom is -0.299 e. The van der Waals surface area contributed by atoms with Gasteiger partial charge in [0.25, 0.3) is 0 Å². The molecule has 2 aromatic carbocycles. The minimum absolute atomic E-state index is 0.763. The van der Waals surface area contributed by atoms with Crippen LogP contribution in [0, 0.1) is 6.92 Å². The zero-order valence-corrected chi connectivity index (χ0v) is 14.5. The average molecular weight is 295 g/mol. The molecule has 2 aromatic rings. The summed E-state index contributed by atoms with van der Waals surface area (Å²) in [6, 6.07) is 17.4. The molecule has 0 radical (unpaired) electrons. The Bertz CT molecular complexity index is 574. The van der Waals surface area contributed by atoms with Crippen molar-refractivity contribution in [2.24, 2.45) is 0 Å². The zero-order valence-electron chi connectivity index (χ0n) is 14.5. The van der Waals surface area contributed by atoms with E-state index in [0.29, 0.717) is 0 Å². The molecule has 0 N–H and O–H groups in total. The second-order valence-corrected chi connectivity index (χ2v) is 6.21. The van der Waals surface area contributed by atoms with E-state index in [2.05, 4.69) is 81.1 Å². The normalized spacial score (nSPS) is 15.0. The van der Waals surface area contributed by atoms with E-state index in [1.165, 1.54) is 24.1 Å². The average Bonchev–Trinajstić information content (AvgIpc) is 3.18. The number of benzene rings is 2. The lowest BCUT2D eigenvalue weighted by molar-refractivity contribution is 0.280. The van der Waals surface area contributed by atoms with Crippen LogP contribution in [0.2, 0.25) is 0 Å². The highest BCUT2D eigenvalue weighted by Crippen LogP contribution is 2.42. The molecular formula is C21H29N. The number of nitrogens with zero attached hydrogens (tertiary/aromatic N) is 1. The molecule has 1 unspecified atom stereocenters. The van der Waals surface area contributed by atoms with Gasteiger partial charge in [0, 0.05) is 12.5 Å². The van der Waals surface area contributed by atoms with E-state index >= 15 is 0 Å². The Morgan fingerprint density at radius 3 is 2.23 bits per heavy atom. The first-order valence-electron chi connectivity index (χ1n) is 8.52. The standard InChI is InChI=1S/C12H19N.C9H10/c1-3-10-13(4-2)11-12-8-6-5-7-9-12;1-6-3-4-8-7(2)9(8)5-6/h5-9H,3-4,10-11H2,1-2H3;3-5,7H,1-2H3. The predicted octanol–water partition coefficient (Wildman–Crippen LogP) is 5.38. The molecular weight excluding hydrogens is 266 g/mol. The molecule has 118 valence electrons. The highest BCUT2D eigenvalue weighted by Gasteiger charge is 2.26. The van der Waals surface area contributed by atoms with Gasteiger partial charge in [-0.15, -0.1) is 0 Å². The smallest absolute Gasteiger partial charge is 0.0233 e. The van der Waals surface area contributed by atoms with Gasteiger partial charge in [-0.25, -0.2) is 0 Å². The molecule has 0 aromatic heterocycles. The summed E-state index contributed by atoms with van der Waals surface area (Å²) >= 11 is 0. The Balaban J connectivity index is 0.000000170. The van der Waals surface area contributed by atoms with Crippen molar-refractivity contribution in [2.75, 3.05) is 13.1 Å². The summed E-state index contributed by atoms with van der Waals surface area (Å²) < 4.78 is 0. The molecule has 0 saturated heterocycles. The lowest BCUT2D eigenvalue weighted by atomic mass is 10.2. The molecule has 3 rings (SSSR count). The van der Waals surface area contributed by atoms with Crippen LogP contribution < -0.4 is 0 Å². The van der Waals surface area contributed by atoms with Gasteiger partial charge in [0.15, 0.2) is 0 Å². The molecule has 1 aliphatic rings. The lowest BCUT2D eigenvalue weighted by Gasteiger charge is -2.19. The first-order chi connectivity index (χ1) is 10.7. The van der Waals surface area contributed by atoms with Gasteiger partial charge in [0.2, 0.25) is 0 Å². The third-order valence-corrected chi connectivity index (χ3v) is 4.33. The van der Waals surface area contributed by atoms with Gasteiger partial charge in [0.1, 0.15) is 0 Å². The van der Waals surface area contributed by atoms with E-state index in [9.17, 15) is 0 Å². The molecule has 0 aliphatic heterocycles. The van der Waals surface area contributed by atoms with Crippen molar-refractivity contribution in [2.45, 2.75) is 46.6 Å². The van der Waals surface area contributed by atoms with Crippen molar-refractivity contribution in [1.29, 1.82) is 0 Å². The number of aryl methyl sites for hydroxylation is 1. The topological polar surface area (TPSA) is 3.24 Å². The van der Waals surface area contributed by atoms with Crippen molar-refractivity contribution >= 4 is 0 Å². The quantitative estimate of drug-likeness (QED) is 0.716. The summed E-state index contributed by atoms with van der Waals surface area (Å²) in [6.45, 7) is 12.3. The Kier molecular flexibility index (Phi) is 6.21. The monoisotopic (exact) mass is 295 g/mol. The molecule has 1 atom stereocenters. The second-order valence-electron chi connectivity index (χ2n) is 6.21. The molecule has 1 nitrogen and oxygen atoms in total. The summed E-state index contributed by atoms with van der Waals surface area (Å²) in [5.41, 5.74) is 5.89. The molecule has 1 heteroatoms. The Hall–Kier alpha value is -1.60. The molecule has 0 amide bonds. The van der Waals surface area contributed by atoms with Crippen molar-refractivity contribution in [3.05, 3.63) is 70.8 Å². The second kappa shape index (κ2) is 8.14. The first-order valence-corrected chi connectivity index (χ1v) is 8.52. The fourth-order valence-electron chi connectivity index (χ4n) is 2.85. The summed E-state index contributed by atoms with van der Waals surface area (Å²) in [4.78, 5) is 2.47. The third kappa shape index (κ3) is 4.71. The van der Waals surface area contributed by atoms with Crippen LogP contribution in [-0.4, -0.2) is 18.0 Å². The van der Waals surface area contributed by atoms with E-state index in [0.717, 1.165) is 19.0 Å². The number of hydrogen-bond acceptors (Lipinski definition) is 1. The highest BCUT2D eigenvalue weighted by atomic mass is 15.1. The first kappa shape index (κ1) is 16.8. The number of fused-ring (bicyclic) bond motifs is 1. The maximum atomic E-state index is 2.47. The van der Waals surface area contributed by atoms with Crippen LogP contribution in [0.1, 0.15) is 55.4 Å². The third-order valence-electron chi connectivity index (χ3n) is 4.33. The lowest BCUT2D eigenvalue weighted by Crippen LogP contribution is -2.23. The fraction of sp³-hybridized carbons (Fsp3) is 0.429. The van der Waals surface area contributed by atoms with Crippen LogP contribution >= 0.6 is 0 Å². The van der Waals surface area contributed by atoms with Crippen LogP contribution in [0.3, 0.4) is 0 Å². The summed E-state index contributed by atoms with van der Waals surface area (Å²) in [5.74, 6) is 0.763. The molecule has 0 bridgehead atoms.